The van der Waals surface area contributed by atoms with E-state index in [1.54, 1.807) is 25.6 Å². The Balaban J connectivity index is 1.66. The molecule has 2 heterocycles. The number of aromatic nitrogens is 1. The number of carbonyl (C=O) groups excluding carboxylic acids is 2. The first-order chi connectivity index (χ1) is 15.6. The largest absolute Gasteiger partial charge is 0.503 e. The maximum Gasteiger partial charge on any atom is 0.290 e. The van der Waals surface area contributed by atoms with Gasteiger partial charge in [0.1, 0.15) is 5.75 Å². The van der Waals surface area contributed by atoms with Crippen LogP contribution < -0.4 is 4.74 Å². The lowest BCUT2D eigenvalue weighted by Crippen LogP contribution is -2.31. The number of ketones is 1. The van der Waals surface area contributed by atoms with E-state index in [-0.39, 0.29) is 24.3 Å². The van der Waals surface area contributed by atoms with Gasteiger partial charge in [0.05, 0.1) is 25.3 Å². The zero-order chi connectivity index (χ0) is 22.5. The van der Waals surface area contributed by atoms with Crippen molar-refractivity contribution >= 4 is 11.7 Å². The molecule has 0 fully saturated rings. The Morgan fingerprint density at radius 2 is 1.81 bits per heavy atom. The van der Waals surface area contributed by atoms with Crippen LogP contribution in [0.4, 0.5) is 0 Å². The van der Waals surface area contributed by atoms with Crippen molar-refractivity contribution in [1.29, 1.82) is 0 Å². The van der Waals surface area contributed by atoms with Crippen molar-refractivity contribution in [3.8, 4) is 5.75 Å². The fraction of sp³-hybridized carbons (Fsp3) is 0.192. The number of methoxy groups -OCH3 is 1. The summed E-state index contributed by atoms with van der Waals surface area (Å²) in [5.41, 5.74) is 2.59. The second-order valence-electron chi connectivity index (χ2n) is 7.60. The predicted molar refractivity (Wildman–Crippen MR) is 120 cm³/mol. The quantitative estimate of drug-likeness (QED) is 0.582. The molecule has 0 spiro atoms. The molecule has 1 aliphatic heterocycles. The number of pyridine rings is 1. The van der Waals surface area contributed by atoms with E-state index < -0.39 is 17.7 Å². The molecule has 6 heteroatoms. The van der Waals surface area contributed by atoms with Crippen LogP contribution in [0.2, 0.25) is 0 Å². The molecule has 4 rings (SSSR count). The summed E-state index contributed by atoms with van der Waals surface area (Å²) in [5, 5.41) is 10.7. The van der Waals surface area contributed by atoms with Gasteiger partial charge < -0.3 is 14.7 Å². The zero-order valence-corrected chi connectivity index (χ0v) is 17.8. The van der Waals surface area contributed by atoms with Crippen molar-refractivity contribution in [3.63, 3.8) is 0 Å². The fourth-order valence-corrected chi connectivity index (χ4v) is 4.04. The van der Waals surface area contributed by atoms with E-state index in [0.29, 0.717) is 17.7 Å². The molecule has 0 aliphatic carbocycles. The van der Waals surface area contributed by atoms with Gasteiger partial charge in [-0.05, 0) is 29.7 Å². The molecule has 1 N–H and O–H groups in total. The molecule has 3 aromatic rings. The van der Waals surface area contributed by atoms with Gasteiger partial charge in [-0.15, -0.1) is 0 Å². The van der Waals surface area contributed by atoms with Gasteiger partial charge in [0.15, 0.2) is 11.5 Å². The van der Waals surface area contributed by atoms with E-state index >= 15 is 0 Å². The highest BCUT2D eigenvalue weighted by molar-refractivity contribution is 6.09. The van der Waals surface area contributed by atoms with Crippen molar-refractivity contribution in [1.82, 2.24) is 9.88 Å². The first kappa shape index (κ1) is 21.3. The third-order valence-corrected chi connectivity index (χ3v) is 5.62. The highest BCUT2D eigenvalue weighted by Gasteiger charge is 2.43. The highest BCUT2D eigenvalue weighted by Crippen LogP contribution is 2.39. The van der Waals surface area contributed by atoms with Crippen molar-refractivity contribution in [2.75, 3.05) is 7.11 Å². The number of aryl methyl sites for hydroxylation is 1. The summed E-state index contributed by atoms with van der Waals surface area (Å²) in [6.45, 7) is 0.182. The molecule has 0 saturated carbocycles. The van der Waals surface area contributed by atoms with Gasteiger partial charge in [0.2, 0.25) is 0 Å². The first-order valence-electron chi connectivity index (χ1n) is 10.4. The molecule has 0 saturated heterocycles. The van der Waals surface area contributed by atoms with E-state index in [9.17, 15) is 14.7 Å². The van der Waals surface area contributed by atoms with Gasteiger partial charge in [0.25, 0.3) is 5.91 Å². The number of Topliss-reactive ketones (excluding diaryl/α,β-unsaturated/α-hetero) is 1. The van der Waals surface area contributed by atoms with Gasteiger partial charge in [-0.25, -0.2) is 0 Å². The van der Waals surface area contributed by atoms with Crippen molar-refractivity contribution < 1.29 is 19.4 Å². The molecule has 162 valence electrons. The summed E-state index contributed by atoms with van der Waals surface area (Å²) < 4.78 is 5.43. The number of aliphatic hydroxyl groups excluding tert-OH is 1. The lowest BCUT2D eigenvalue weighted by atomic mass is 9.94. The third-order valence-electron chi connectivity index (χ3n) is 5.62. The Kier molecular flexibility index (Phi) is 6.31. The van der Waals surface area contributed by atoms with Crippen molar-refractivity contribution in [2.24, 2.45) is 0 Å². The lowest BCUT2D eigenvalue weighted by molar-refractivity contribution is -0.130. The summed E-state index contributed by atoms with van der Waals surface area (Å²) in [4.78, 5) is 32.0. The number of rotatable bonds is 8. The number of carbonyl (C=O) groups is 2. The molecule has 0 radical (unpaired) electrons. The van der Waals surface area contributed by atoms with Gasteiger partial charge in [-0.3, -0.25) is 14.6 Å². The Labute approximate surface area is 186 Å². The van der Waals surface area contributed by atoms with E-state index in [1.807, 2.05) is 60.7 Å². The number of hydrogen-bond acceptors (Lipinski definition) is 5. The van der Waals surface area contributed by atoms with Crippen LogP contribution in [0.25, 0.3) is 0 Å². The maximum absolute atomic E-state index is 13.2. The molecule has 6 nitrogen and oxygen atoms in total. The second-order valence-corrected chi connectivity index (χ2v) is 7.60. The standard InChI is InChI=1S/C26H24N2O4/c1-32-22-12-6-5-10-20(22)17-28-24(19-11-7-15-27-16-19)23(25(30)26(28)31)21(29)14-13-18-8-3-2-4-9-18/h2-12,15-16,24,30H,13-14,17H2,1H3. The summed E-state index contributed by atoms with van der Waals surface area (Å²) >= 11 is 0. The van der Waals surface area contributed by atoms with E-state index in [2.05, 4.69) is 4.98 Å². The Morgan fingerprint density at radius 1 is 1.06 bits per heavy atom. The highest BCUT2D eigenvalue weighted by atomic mass is 16.5. The van der Waals surface area contributed by atoms with Crippen LogP contribution in [0.3, 0.4) is 0 Å². The molecule has 1 aromatic heterocycles. The molecular formula is C26H24N2O4. The van der Waals surface area contributed by atoms with E-state index in [1.165, 1.54) is 4.90 Å². The normalized spacial score (nSPS) is 15.8. The SMILES string of the molecule is COc1ccccc1CN1C(=O)C(O)=C(C(=O)CCc2ccccc2)C1c1cccnc1. The van der Waals surface area contributed by atoms with E-state index in [4.69, 9.17) is 4.74 Å². The molecule has 0 bridgehead atoms. The number of amides is 1. The number of ether oxygens (including phenoxy) is 1. The summed E-state index contributed by atoms with van der Waals surface area (Å²) in [6.07, 6.45) is 3.97. The zero-order valence-electron chi connectivity index (χ0n) is 17.8. The van der Waals surface area contributed by atoms with Crippen LogP contribution in [0.5, 0.6) is 5.75 Å². The Hall–Kier alpha value is -3.93. The van der Waals surface area contributed by atoms with Crippen LogP contribution >= 0.6 is 0 Å². The van der Waals surface area contributed by atoms with Crippen molar-refractivity contribution in [3.05, 3.63) is 107 Å². The number of para-hydroxylation sites is 1. The molecule has 1 amide bonds. The summed E-state index contributed by atoms with van der Waals surface area (Å²) in [6, 6.07) is 19.9. The minimum Gasteiger partial charge on any atom is -0.503 e. The van der Waals surface area contributed by atoms with Gasteiger partial charge >= 0.3 is 0 Å². The average Bonchev–Trinajstić information content (AvgIpc) is 3.09. The molecular weight excluding hydrogens is 404 g/mol. The monoisotopic (exact) mass is 428 g/mol. The number of aliphatic hydroxyl groups is 1. The van der Waals surface area contributed by atoms with Crippen LogP contribution in [0.15, 0.2) is 90.5 Å². The molecule has 32 heavy (non-hydrogen) atoms. The minimum absolute atomic E-state index is 0.119. The smallest absolute Gasteiger partial charge is 0.290 e. The lowest BCUT2D eigenvalue weighted by Gasteiger charge is -2.27. The Morgan fingerprint density at radius 3 is 2.53 bits per heavy atom. The topological polar surface area (TPSA) is 79.7 Å². The fourth-order valence-electron chi connectivity index (χ4n) is 4.04. The maximum atomic E-state index is 13.2. The van der Waals surface area contributed by atoms with Gasteiger partial charge in [-0.2, -0.15) is 0 Å². The molecule has 1 atom stereocenters. The summed E-state index contributed by atoms with van der Waals surface area (Å²) in [7, 11) is 1.57. The van der Waals surface area contributed by atoms with E-state index in [0.717, 1.165) is 11.1 Å². The predicted octanol–water partition coefficient (Wildman–Crippen LogP) is 4.19. The first-order valence-corrected chi connectivity index (χ1v) is 10.4. The van der Waals surface area contributed by atoms with Gasteiger partial charge in [-0.1, -0.05) is 54.6 Å². The van der Waals surface area contributed by atoms with Crippen molar-refractivity contribution in [2.45, 2.75) is 25.4 Å². The minimum atomic E-state index is -0.718. The molecule has 1 unspecified atom stereocenters. The third kappa shape index (κ3) is 4.25. The van der Waals surface area contributed by atoms with Crippen LogP contribution in [0.1, 0.15) is 29.2 Å². The van der Waals surface area contributed by atoms with Gasteiger partial charge in [0, 0.05) is 24.4 Å². The number of hydrogen-bond donors (Lipinski definition) is 1. The average molecular weight is 428 g/mol. The molecule has 1 aliphatic rings. The van der Waals surface area contributed by atoms with Crippen LogP contribution in [-0.2, 0) is 22.6 Å². The number of nitrogens with zero attached hydrogens (tertiary/aromatic N) is 2. The summed E-state index contributed by atoms with van der Waals surface area (Å²) in [5.74, 6) is -0.690. The van der Waals surface area contributed by atoms with Crippen LogP contribution in [-0.4, -0.2) is 33.8 Å². The second kappa shape index (κ2) is 9.47. The number of benzene rings is 2. The molecule has 2 aromatic carbocycles. The van der Waals surface area contributed by atoms with Crippen LogP contribution in [0, 0.1) is 0 Å². The Bertz CT molecular complexity index is 1140.